The summed E-state index contributed by atoms with van der Waals surface area (Å²) in [6.45, 7) is 0.784. The van der Waals surface area contributed by atoms with E-state index in [1.807, 2.05) is 17.0 Å². The molecule has 1 amide bonds. The largest absolute Gasteiger partial charge is 0.417 e. The summed E-state index contributed by atoms with van der Waals surface area (Å²) >= 11 is 5.73. The quantitative estimate of drug-likeness (QED) is 0.585. The molecule has 0 spiro atoms. The SMILES string of the molecule is O=C(Nc1nc2cccc(N3CCC(O)(c4ccc(Cl)c(C(F)(F)F)c4)CC3)n2n1)C1CC1. The Morgan fingerprint density at radius 1 is 1.18 bits per heavy atom. The number of halogens is 4. The van der Waals surface area contributed by atoms with Gasteiger partial charge in [0, 0.05) is 19.0 Å². The Morgan fingerprint density at radius 3 is 2.58 bits per heavy atom. The van der Waals surface area contributed by atoms with Crippen molar-refractivity contribution in [1.82, 2.24) is 14.6 Å². The summed E-state index contributed by atoms with van der Waals surface area (Å²) < 4.78 is 41.4. The second kappa shape index (κ2) is 7.88. The number of rotatable bonds is 4. The van der Waals surface area contributed by atoms with Gasteiger partial charge in [0.15, 0.2) is 5.65 Å². The Labute approximate surface area is 192 Å². The van der Waals surface area contributed by atoms with Crippen molar-refractivity contribution in [3.63, 3.8) is 0 Å². The lowest BCUT2D eigenvalue weighted by atomic mass is 9.83. The second-order valence-electron chi connectivity index (χ2n) is 8.56. The van der Waals surface area contributed by atoms with Crippen LogP contribution in [0.4, 0.5) is 24.9 Å². The minimum Gasteiger partial charge on any atom is -0.385 e. The Bertz CT molecular complexity index is 1220. The van der Waals surface area contributed by atoms with Crippen LogP contribution in [0.25, 0.3) is 5.65 Å². The van der Waals surface area contributed by atoms with Crippen molar-refractivity contribution in [1.29, 1.82) is 0 Å². The standard InChI is InChI=1S/C22H21ClF3N5O2/c23-16-7-6-14(12-15(16)22(24,25)26)21(33)8-10-30(11-9-21)18-3-1-2-17-27-20(29-31(17)18)28-19(32)13-4-5-13/h1-3,6-7,12-13,33H,4-5,8-11H2,(H,28,29,32). The van der Waals surface area contributed by atoms with E-state index in [1.165, 1.54) is 12.1 Å². The predicted octanol–water partition coefficient (Wildman–Crippen LogP) is 4.24. The third-order valence-electron chi connectivity index (χ3n) is 6.25. The number of alkyl halides is 3. The first-order valence-electron chi connectivity index (χ1n) is 10.7. The maximum absolute atomic E-state index is 13.3. The van der Waals surface area contributed by atoms with Crippen molar-refractivity contribution in [2.24, 2.45) is 5.92 Å². The van der Waals surface area contributed by atoms with Crippen molar-refractivity contribution in [3.05, 3.63) is 52.5 Å². The van der Waals surface area contributed by atoms with E-state index in [-0.39, 0.29) is 36.2 Å². The van der Waals surface area contributed by atoms with Gasteiger partial charge in [0.2, 0.25) is 11.9 Å². The fourth-order valence-electron chi connectivity index (χ4n) is 4.17. The molecule has 1 aromatic carbocycles. The van der Waals surface area contributed by atoms with Crippen molar-refractivity contribution >= 4 is 34.9 Å². The number of anilines is 2. The topological polar surface area (TPSA) is 82.8 Å². The minimum absolute atomic E-state index is 0.0292. The van der Waals surface area contributed by atoms with Crippen molar-refractivity contribution in [3.8, 4) is 0 Å². The molecular weight excluding hydrogens is 459 g/mol. The summed E-state index contributed by atoms with van der Waals surface area (Å²) in [5.41, 5.74) is -1.60. The highest BCUT2D eigenvalue weighted by atomic mass is 35.5. The van der Waals surface area contributed by atoms with E-state index in [1.54, 1.807) is 10.6 Å². The summed E-state index contributed by atoms with van der Waals surface area (Å²) in [6.07, 6.45) is -2.40. The first kappa shape index (κ1) is 22.0. The van der Waals surface area contributed by atoms with Gasteiger partial charge >= 0.3 is 6.18 Å². The molecule has 2 aliphatic rings. The molecule has 1 aliphatic heterocycles. The molecule has 1 aliphatic carbocycles. The summed E-state index contributed by atoms with van der Waals surface area (Å²) in [7, 11) is 0. The van der Waals surface area contributed by atoms with Gasteiger partial charge in [-0.2, -0.15) is 22.7 Å². The van der Waals surface area contributed by atoms with Crippen molar-refractivity contribution in [2.75, 3.05) is 23.3 Å². The Hall–Kier alpha value is -2.85. The van der Waals surface area contributed by atoms with Gasteiger partial charge in [0.1, 0.15) is 5.82 Å². The van der Waals surface area contributed by atoms with Gasteiger partial charge in [-0.25, -0.2) is 0 Å². The molecule has 7 nitrogen and oxygen atoms in total. The van der Waals surface area contributed by atoms with E-state index >= 15 is 0 Å². The van der Waals surface area contributed by atoms with E-state index in [4.69, 9.17) is 11.6 Å². The average molecular weight is 480 g/mol. The molecule has 0 radical (unpaired) electrons. The number of fused-ring (bicyclic) bond motifs is 1. The summed E-state index contributed by atoms with van der Waals surface area (Å²) in [5.74, 6) is 0.896. The zero-order valence-corrected chi connectivity index (χ0v) is 18.2. The molecule has 11 heteroatoms. The van der Waals surface area contributed by atoms with Crippen LogP contribution < -0.4 is 10.2 Å². The van der Waals surface area contributed by atoms with Crippen LogP contribution in [0.2, 0.25) is 5.02 Å². The van der Waals surface area contributed by atoms with Crippen LogP contribution in [0, 0.1) is 5.92 Å². The maximum atomic E-state index is 13.3. The number of aromatic nitrogens is 3. The number of amides is 1. The molecule has 33 heavy (non-hydrogen) atoms. The van der Waals surface area contributed by atoms with Crippen LogP contribution in [-0.2, 0) is 16.6 Å². The van der Waals surface area contributed by atoms with Crippen LogP contribution in [0.5, 0.6) is 0 Å². The zero-order valence-electron chi connectivity index (χ0n) is 17.4. The molecule has 0 unspecified atom stereocenters. The summed E-state index contributed by atoms with van der Waals surface area (Å²) in [5, 5.41) is 17.9. The van der Waals surface area contributed by atoms with Gasteiger partial charge in [0.25, 0.3) is 0 Å². The second-order valence-corrected chi connectivity index (χ2v) is 8.97. The van der Waals surface area contributed by atoms with Gasteiger partial charge in [-0.15, -0.1) is 5.10 Å². The van der Waals surface area contributed by atoms with Crippen LogP contribution in [0.3, 0.4) is 0 Å². The number of aliphatic hydroxyl groups is 1. The van der Waals surface area contributed by atoms with E-state index in [0.717, 1.165) is 24.7 Å². The first-order valence-corrected chi connectivity index (χ1v) is 11.0. The number of carbonyl (C=O) groups excluding carboxylic acids is 1. The molecule has 0 bridgehead atoms. The monoisotopic (exact) mass is 479 g/mol. The third kappa shape index (κ3) is 4.24. The molecule has 3 heterocycles. The first-order chi connectivity index (χ1) is 15.6. The van der Waals surface area contributed by atoms with Crippen molar-refractivity contribution in [2.45, 2.75) is 37.5 Å². The van der Waals surface area contributed by atoms with Gasteiger partial charge in [0.05, 0.1) is 16.2 Å². The maximum Gasteiger partial charge on any atom is 0.417 e. The molecule has 2 aromatic heterocycles. The Kier molecular flexibility index (Phi) is 5.24. The number of hydrogen-bond acceptors (Lipinski definition) is 5. The summed E-state index contributed by atoms with van der Waals surface area (Å²) in [6, 6.07) is 9.00. The molecule has 174 valence electrons. The van der Waals surface area contributed by atoms with Gasteiger partial charge in [-0.05, 0) is 55.5 Å². The normalized spacial score (nSPS) is 18.5. The lowest BCUT2D eigenvalue weighted by Gasteiger charge is -2.39. The third-order valence-corrected chi connectivity index (χ3v) is 6.58. The van der Waals surface area contributed by atoms with Crippen LogP contribution in [0.1, 0.15) is 36.8 Å². The fraction of sp³-hybridized carbons (Fsp3) is 0.409. The fourth-order valence-corrected chi connectivity index (χ4v) is 4.39. The lowest BCUT2D eigenvalue weighted by molar-refractivity contribution is -0.137. The van der Waals surface area contributed by atoms with Crippen LogP contribution in [0.15, 0.2) is 36.4 Å². The molecule has 5 rings (SSSR count). The number of piperidine rings is 1. The summed E-state index contributed by atoms with van der Waals surface area (Å²) in [4.78, 5) is 18.4. The van der Waals surface area contributed by atoms with Crippen LogP contribution >= 0.6 is 11.6 Å². The zero-order chi connectivity index (χ0) is 23.4. The van der Waals surface area contributed by atoms with Gasteiger partial charge in [-0.1, -0.05) is 23.7 Å². The predicted molar refractivity (Wildman–Crippen MR) is 116 cm³/mol. The van der Waals surface area contributed by atoms with E-state index < -0.39 is 22.4 Å². The number of nitrogens with zero attached hydrogens (tertiary/aromatic N) is 4. The number of pyridine rings is 1. The van der Waals surface area contributed by atoms with Crippen LogP contribution in [-0.4, -0.2) is 38.7 Å². The highest BCUT2D eigenvalue weighted by Crippen LogP contribution is 2.40. The molecule has 1 saturated heterocycles. The molecular formula is C22H21ClF3N5O2. The minimum atomic E-state index is -4.60. The van der Waals surface area contributed by atoms with Gasteiger partial charge in [-0.3, -0.25) is 10.1 Å². The lowest BCUT2D eigenvalue weighted by Crippen LogP contribution is -2.43. The van der Waals surface area contributed by atoms with E-state index in [0.29, 0.717) is 18.7 Å². The van der Waals surface area contributed by atoms with E-state index in [9.17, 15) is 23.1 Å². The molecule has 2 fully saturated rings. The number of carbonyl (C=O) groups is 1. The highest BCUT2D eigenvalue weighted by Gasteiger charge is 2.39. The smallest absolute Gasteiger partial charge is 0.385 e. The van der Waals surface area contributed by atoms with E-state index in [2.05, 4.69) is 15.4 Å². The Balaban J connectivity index is 1.36. The highest BCUT2D eigenvalue weighted by molar-refractivity contribution is 6.31. The number of benzene rings is 1. The molecule has 1 saturated carbocycles. The Morgan fingerprint density at radius 2 is 1.91 bits per heavy atom. The molecule has 2 N–H and O–H groups in total. The number of hydrogen-bond donors (Lipinski definition) is 2. The number of nitrogens with one attached hydrogen (secondary N) is 1. The molecule has 0 atom stereocenters. The average Bonchev–Trinajstić information content (AvgIpc) is 3.54. The van der Waals surface area contributed by atoms with Crippen molar-refractivity contribution < 1.29 is 23.1 Å². The van der Waals surface area contributed by atoms with Gasteiger partial charge < -0.3 is 10.0 Å². The molecule has 3 aromatic rings.